The van der Waals surface area contributed by atoms with Crippen LogP contribution >= 0.6 is 0 Å². The third kappa shape index (κ3) is 2.85. The molecule has 0 radical (unpaired) electrons. The summed E-state index contributed by atoms with van der Waals surface area (Å²) in [4.78, 5) is 29.9. The molecule has 1 aliphatic carbocycles. The molecule has 30 heavy (non-hydrogen) atoms. The first-order chi connectivity index (χ1) is 14.2. The first-order valence-corrected chi connectivity index (χ1v) is 9.01. The summed E-state index contributed by atoms with van der Waals surface area (Å²) in [6, 6.07) is 4.08. The van der Waals surface area contributed by atoms with E-state index in [9.17, 15) is 27.9 Å². The molecule has 5 rings (SSSR count). The maximum atomic E-state index is 12.9. The van der Waals surface area contributed by atoms with Gasteiger partial charge in [0.05, 0.1) is 17.9 Å². The summed E-state index contributed by atoms with van der Waals surface area (Å²) in [5.74, 6) is -0.772. The zero-order valence-electron chi connectivity index (χ0n) is 15.1. The number of alkyl halides is 3. The van der Waals surface area contributed by atoms with Gasteiger partial charge in [-0.05, 0) is 24.3 Å². The van der Waals surface area contributed by atoms with Crippen LogP contribution in [0, 0.1) is 0 Å². The molecule has 156 valence electrons. The minimum Gasteiger partial charge on any atom is -0.388 e. The van der Waals surface area contributed by atoms with Gasteiger partial charge >= 0.3 is 6.18 Å². The molecular formula is C19H14F3N3O5. The van der Waals surface area contributed by atoms with Crippen LogP contribution in [0.1, 0.15) is 38.6 Å². The molecule has 2 aromatic rings. The fourth-order valence-corrected chi connectivity index (χ4v) is 3.79. The number of carbonyl (C=O) groups is 2. The predicted molar refractivity (Wildman–Crippen MR) is 93.6 cm³/mol. The van der Waals surface area contributed by atoms with E-state index in [1.807, 2.05) is 0 Å². The van der Waals surface area contributed by atoms with Crippen LogP contribution in [-0.4, -0.2) is 45.0 Å². The van der Waals surface area contributed by atoms with E-state index in [1.165, 1.54) is 16.7 Å². The van der Waals surface area contributed by atoms with E-state index in [0.29, 0.717) is 5.82 Å². The second-order valence-corrected chi connectivity index (χ2v) is 7.11. The number of aliphatic hydroxyl groups excluding tert-OH is 1. The minimum atomic E-state index is -4.48. The zero-order valence-corrected chi connectivity index (χ0v) is 15.1. The normalized spacial score (nSPS) is 25.5. The van der Waals surface area contributed by atoms with Gasteiger partial charge in [0.25, 0.3) is 0 Å². The van der Waals surface area contributed by atoms with Gasteiger partial charge in [-0.1, -0.05) is 0 Å². The molecule has 1 saturated heterocycles. The van der Waals surface area contributed by atoms with Crippen molar-refractivity contribution in [2.24, 2.45) is 0 Å². The Morgan fingerprint density at radius 3 is 2.60 bits per heavy atom. The van der Waals surface area contributed by atoms with Crippen LogP contribution in [-0.2, 0) is 22.3 Å². The quantitative estimate of drug-likeness (QED) is 0.765. The Labute approximate surface area is 166 Å². The Morgan fingerprint density at radius 1 is 1.17 bits per heavy atom. The number of aliphatic hydroxyl groups is 1. The molecular weight excluding hydrogens is 407 g/mol. The Hall–Kier alpha value is -3.02. The standard InChI is InChI=1S/C19H14F3N3O5/c20-19(21,22)8-1-3-9(4-2-8)23-10-5-11(26)15-14(16(10)28)24-13-7-29-17-12(27)6-30-18(17)25(13)15/h1-5,12,17-18,23,27H,6-7H2/t12-,17-,18+/m1/s1. The van der Waals surface area contributed by atoms with Gasteiger partial charge in [-0.2, -0.15) is 13.2 Å². The monoisotopic (exact) mass is 421 g/mol. The molecule has 0 saturated carbocycles. The number of benzene rings is 1. The van der Waals surface area contributed by atoms with Crippen molar-refractivity contribution in [2.75, 3.05) is 11.9 Å². The van der Waals surface area contributed by atoms with Gasteiger partial charge in [0, 0.05) is 11.8 Å². The first-order valence-electron chi connectivity index (χ1n) is 9.01. The molecule has 3 aliphatic rings. The van der Waals surface area contributed by atoms with Gasteiger partial charge in [0.2, 0.25) is 11.6 Å². The molecule has 3 heterocycles. The number of aromatic nitrogens is 2. The predicted octanol–water partition coefficient (Wildman–Crippen LogP) is 2.07. The Morgan fingerprint density at radius 2 is 1.90 bits per heavy atom. The number of allylic oxidation sites excluding steroid dienone is 2. The van der Waals surface area contributed by atoms with E-state index >= 15 is 0 Å². The van der Waals surface area contributed by atoms with Gasteiger partial charge < -0.3 is 19.9 Å². The highest BCUT2D eigenvalue weighted by molar-refractivity contribution is 6.24. The van der Waals surface area contributed by atoms with Crippen molar-refractivity contribution in [1.82, 2.24) is 9.55 Å². The van der Waals surface area contributed by atoms with Crippen LogP contribution in [0.5, 0.6) is 0 Å². The summed E-state index contributed by atoms with van der Waals surface area (Å²) in [5.41, 5.74) is -0.770. The highest BCUT2D eigenvalue weighted by Gasteiger charge is 2.46. The van der Waals surface area contributed by atoms with E-state index in [1.54, 1.807) is 0 Å². The van der Waals surface area contributed by atoms with Crippen LogP contribution in [0.3, 0.4) is 0 Å². The highest BCUT2D eigenvalue weighted by atomic mass is 19.4. The molecule has 11 heteroatoms. The number of hydrogen-bond acceptors (Lipinski definition) is 7. The molecule has 2 aliphatic heterocycles. The van der Waals surface area contributed by atoms with Gasteiger partial charge in [-0.25, -0.2) is 4.98 Å². The van der Waals surface area contributed by atoms with Gasteiger partial charge in [0.15, 0.2) is 6.23 Å². The average Bonchev–Trinajstić information content (AvgIpc) is 3.27. The van der Waals surface area contributed by atoms with E-state index in [0.717, 1.165) is 18.2 Å². The molecule has 2 N–H and O–H groups in total. The lowest BCUT2D eigenvalue weighted by Gasteiger charge is -2.29. The topological polar surface area (TPSA) is 103 Å². The first kappa shape index (κ1) is 19.0. The van der Waals surface area contributed by atoms with Gasteiger partial charge in [-0.15, -0.1) is 0 Å². The molecule has 1 aromatic carbocycles. The van der Waals surface area contributed by atoms with Crippen molar-refractivity contribution >= 4 is 17.3 Å². The summed E-state index contributed by atoms with van der Waals surface area (Å²) in [6.45, 7) is 0.0250. The van der Waals surface area contributed by atoms with Crippen molar-refractivity contribution in [1.29, 1.82) is 0 Å². The summed E-state index contributed by atoms with van der Waals surface area (Å²) < 4.78 is 50.7. The number of rotatable bonds is 2. The van der Waals surface area contributed by atoms with Crippen LogP contribution < -0.4 is 5.32 Å². The van der Waals surface area contributed by atoms with Crippen molar-refractivity contribution in [3.05, 3.63) is 58.8 Å². The molecule has 3 atom stereocenters. The van der Waals surface area contributed by atoms with Crippen molar-refractivity contribution in [2.45, 2.75) is 31.2 Å². The molecule has 8 nitrogen and oxygen atoms in total. The summed E-state index contributed by atoms with van der Waals surface area (Å²) >= 11 is 0. The maximum absolute atomic E-state index is 12.9. The van der Waals surface area contributed by atoms with Gasteiger partial charge in [-0.3, -0.25) is 14.2 Å². The number of nitrogens with one attached hydrogen (secondary N) is 1. The number of halogens is 3. The van der Waals surface area contributed by atoms with Crippen molar-refractivity contribution in [3.63, 3.8) is 0 Å². The fraction of sp³-hybridized carbons (Fsp3) is 0.316. The van der Waals surface area contributed by atoms with E-state index in [2.05, 4.69) is 10.3 Å². The number of nitrogens with zero attached hydrogens (tertiary/aromatic N) is 2. The largest absolute Gasteiger partial charge is 0.416 e. The number of ether oxygens (including phenoxy) is 2. The van der Waals surface area contributed by atoms with Gasteiger partial charge in [0.1, 0.15) is 36.0 Å². The van der Waals surface area contributed by atoms with Crippen LogP contribution in [0.4, 0.5) is 18.9 Å². The molecule has 0 spiro atoms. The number of fused-ring (bicyclic) bond motifs is 5. The van der Waals surface area contributed by atoms with Crippen molar-refractivity contribution in [3.8, 4) is 0 Å². The average molecular weight is 421 g/mol. The number of anilines is 1. The number of imidazole rings is 1. The van der Waals surface area contributed by atoms with Crippen LogP contribution in [0.25, 0.3) is 0 Å². The summed E-state index contributed by atoms with van der Waals surface area (Å²) in [6.07, 6.45) is -5.70. The third-order valence-electron chi connectivity index (χ3n) is 5.20. The van der Waals surface area contributed by atoms with Crippen LogP contribution in [0.15, 0.2) is 36.0 Å². The lowest BCUT2D eigenvalue weighted by Crippen LogP contribution is -2.37. The van der Waals surface area contributed by atoms with E-state index in [4.69, 9.17) is 9.47 Å². The molecule has 0 amide bonds. The third-order valence-corrected chi connectivity index (χ3v) is 5.20. The zero-order chi connectivity index (χ0) is 21.2. The lowest BCUT2D eigenvalue weighted by molar-refractivity contribution is -0.137. The Balaban J connectivity index is 1.45. The molecule has 1 fully saturated rings. The van der Waals surface area contributed by atoms with E-state index in [-0.39, 0.29) is 36.0 Å². The highest BCUT2D eigenvalue weighted by Crippen LogP contribution is 2.37. The lowest BCUT2D eigenvalue weighted by atomic mass is 10.0. The number of hydrogen-bond donors (Lipinski definition) is 2. The minimum absolute atomic E-state index is 0.00316. The molecule has 1 aromatic heterocycles. The molecule has 0 bridgehead atoms. The summed E-state index contributed by atoms with van der Waals surface area (Å²) in [7, 11) is 0. The number of carbonyl (C=O) groups excluding carboxylic acids is 2. The smallest absolute Gasteiger partial charge is 0.388 e. The second kappa shape index (κ2) is 6.49. The summed E-state index contributed by atoms with van der Waals surface area (Å²) in [5, 5.41) is 12.6. The Bertz CT molecular complexity index is 1090. The van der Waals surface area contributed by atoms with Crippen molar-refractivity contribution < 1.29 is 37.3 Å². The maximum Gasteiger partial charge on any atom is 0.416 e. The second-order valence-electron chi connectivity index (χ2n) is 7.11. The molecule has 0 unspecified atom stereocenters. The number of Topliss-reactive ketones (excluding diaryl/α,β-unsaturated/α-hetero) is 1. The SMILES string of the molecule is O=C1C(Nc2ccc(C(F)(F)F)cc2)=CC(=O)c2c1nc1n2[C@H]2OC[C@@H](O)[C@H]2OC1. The van der Waals surface area contributed by atoms with E-state index < -0.39 is 41.7 Å². The Kier molecular flexibility index (Phi) is 4.10. The van der Waals surface area contributed by atoms with Crippen LogP contribution in [0.2, 0.25) is 0 Å². The fourth-order valence-electron chi connectivity index (χ4n) is 3.79. The number of ketones is 2.